The number of H-pyrrole nitrogens is 2. The van der Waals surface area contributed by atoms with Crippen LogP contribution in [0.1, 0.15) is 37.8 Å². The second kappa shape index (κ2) is 8.18. The lowest BCUT2D eigenvalue weighted by Crippen LogP contribution is -2.54. The zero-order chi connectivity index (χ0) is 18.6. The quantitative estimate of drug-likeness (QED) is 0.708. The molecule has 1 aromatic rings. The van der Waals surface area contributed by atoms with Gasteiger partial charge in [-0.1, -0.05) is 0 Å². The normalized spacial score (nSPS) is 24.3. The van der Waals surface area contributed by atoms with E-state index in [-0.39, 0.29) is 16.9 Å². The number of aromatic amines is 2. The summed E-state index contributed by atoms with van der Waals surface area (Å²) in [7, 11) is 1.68. The molecule has 144 valence electrons. The summed E-state index contributed by atoms with van der Waals surface area (Å²) in [6, 6.07) is 1.45. The lowest BCUT2D eigenvalue weighted by Gasteiger charge is -2.48. The number of piperidine rings is 2. The van der Waals surface area contributed by atoms with Gasteiger partial charge in [-0.2, -0.15) is 0 Å². The summed E-state index contributed by atoms with van der Waals surface area (Å²) in [5, 5.41) is 0. The number of rotatable bonds is 6. The first-order valence-electron chi connectivity index (χ1n) is 9.31. The van der Waals surface area contributed by atoms with Crippen molar-refractivity contribution >= 4 is 5.91 Å². The first kappa shape index (κ1) is 18.8. The van der Waals surface area contributed by atoms with Gasteiger partial charge in [0.15, 0.2) is 0 Å². The van der Waals surface area contributed by atoms with Crippen molar-refractivity contribution < 1.29 is 9.53 Å². The maximum absolute atomic E-state index is 12.3. The molecule has 3 rings (SSSR count). The molecule has 2 aliphatic rings. The number of carbonyl (C=O) groups excluding carboxylic acids is 1. The zero-order valence-corrected chi connectivity index (χ0v) is 15.4. The van der Waals surface area contributed by atoms with Gasteiger partial charge in [0, 0.05) is 63.5 Å². The van der Waals surface area contributed by atoms with E-state index in [1.807, 2.05) is 4.90 Å². The molecule has 1 atom stereocenters. The highest BCUT2D eigenvalue weighted by Crippen LogP contribution is 2.39. The van der Waals surface area contributed by atoms with E-state index in [0.717, 1.165) is 51.9 Å². The van der Waals surface area contributed by atoms with E-state index in [0.29, 0.717) is 25.3 Å². The van der Waals surface area contributed by atoms with Crippen molar-refractivity contribution in [3.63, 3.8) is 0 Å². The molecule has 0 radical (unpaired) electrons. The van der Waals surface area contributed by atoms with Crippen LogP contribution in [0.3, 0.4) is 0 Å². The molecule has 2 fully saturated rings. The van der Waals surface area contributed by atoms with Crippen LogP contribution >= 0.6 is 0 Å². The Balaban J connectivity index is 1.65. The fourth-order valence-electron chi connectivity index (χ4n) is 4.33. The second-order valence-corrected chi connectivity index (χ2v) is 7.59. The van der Waals surface area contributed by atoms with Crippen molar-refractivity contribution in [2.45, 2.75) is 38.6 Å². The van der Waals surface area contributed by atoms with Gasteiger partial charge < -0.3 is 14.6 Å². The van der Waals surface area contributed by atoms with Crippen LogP contribution in [0, 0.1) is 5.41 Å². The van der Waals surface area contributed by atoms with Crippen molar-refractivity contribution in [1.29, 1.82) is 0 Å². The van der Waals surface area contributed by atoms with E-state index >= 15 is 0 Å². The van der Waals surface area contributed by atoms with Gasteiger partial charge in [0.2, 0.25) is 5.91 Å². The summed E-state index contributed by atoms with van der Waals surface area (Å²) in [5.41, 5.74) is -0.0877. The third-order valence-electron chi connectivity index (χ3n) is 5.48. The Morgan fingerprint density at radius 3 is 2.81 bits per heavy atom. The minimum Gasteiger partial charge on any atom is -0.385 e. The molecule has 0 unspecified atom stereocenters. The van der Waals surface area contributed by atoms with Crippen LogP contribution in [-0.2, 0) is 16.1 Å². The van der Waals surface area contributed by atoms with Gasteiger partial charge in [0.1, 0.15) is 0 Å². The largest absolute Gasteiger partial charge is 0.385 e. The number of nitrogens with zero attached hydrogens (tertiary/aromatic N) is 2. The van der Waals surface area contributed by atoms with Gasteiger partial charge in [-0.3, -0.25) is 19.5 Å². The van der Waals surface area contributed by atoms with Gasteiger partial charge in [-0.15, -0.1) is 0 Å². The van der Waals surface area contributed by atoms with Crippen LogP contribution in [0.5, 0.6) is 0 Å². The molecule has 0 aliphatic carbocycles. The highest BCUT2D eigenvalue weighted by atomic mass is 16.5. The molecule has 8 nitrogen and oxygen atoms in total. The van der Waals surface area contributed by atoms with Gasteiger partial charge in [0.05, 0.1) is 0 Å². The maximum Gasteiger partial charge on any atom is 0.325 e. The summed E-state index contributed by atoms with van der Waals surface area (Å²) in [6.45, 7) is 4.58. The Morgan fingerprint density at radius 1 is 1.19 bits per heavy atom. The smallest absolute Gasteiger partial charge is 0.325 e. The number of likely N-dealkylation sites (tertiary alicyclic amines) is 2. The summed E-state index contributed by atoms with van der Waals surface area (Å²) < 4.78 is 5.10. The van der Waals surface area contributed by atoms with E-state index in [2.05, 4.69) is 14.9 Å². The third-order valence-corrected chi connectivity index (χ3v) is 5.48. The first-order chi connectivity index (χ1) is 12.5. The van der Waals surface area contributed by atoms with E-state index in [4.69, 9.17) is 4.74 Å². The molecule has 1 aromatic heterocycles. The van der Waals surface area contributed by atoms with Crippen molar-refractivity contribution in [1.82, 2.24) is 19.8 Å². The SMILES string of the molecule is COCCCN1C[C@]2(CCCN(Cc3cc(=O)[nH]c(=O)[nH]3)C2)CCC1=O. The minimum absolute atomic E-state index is 0.112. The Hall–Kier alpha value is -1.93. The average Bonchev–Trinajstić information content (AvgIpc) is 2.58. The minimum atomic E-state index is -0.466. The number of carbonyl (C=O) groups is 1. The number of methoxy groups -OCH3 is 1. The van der Waals surface area contributed by atoms with E-state index in [9.17, 15) is 14.4 Å². The van der Waals surface area contributed by atoms with Crippen molar-refractivity contribution in [3.05, 3.63) is 32.6 Å². The highest BCUT2D eigenvalue weighted by molar-refractivity contribution is 5.77. The third kappa shape index (κ3) is 4.62. The first-order valence-corrected chi connectivity index (χ1v) is 9.31. The van der Waals surface area contributed by atoms with Crippen LogP contribution in [0.15, 0.2) is 15.7 Å². The van der Waals surface area contributed by atoms with Crippen LogP contribution < -0.4 is 11.2 Å². The summed E-state index contributed by atoms with van der Waals surface area (Å²) in [4.78, 5) is 44.4. The predicted molar refractivity (Wildman–Crippen MR) is 96.9 cm³/mol. The molecule has 2 saturated heterocycles. The number of hydrogen-bond donors (Lipinski definition) is 2. The van der Waals surface area contributed by atoms with Crippen LogP contribution in [0.2, 0.25) is 0 Å². The molecule has 0 saturated carbocycles. The number of aromatic nitrogens is 2. The molecule has 2 aliphatic heterocycles. The molecule has 1 amide bonds. The van der Waals surface area contributed by atoms with Crippen LogP contribution in [0.4, 0.5) is 0 Å². The van der Waals surface area contributed by atoms with Gasteiger partial charge in [0.25, 0.3) is 5.56 Å². The average molecular weight is 364 g/mol. The van der Waals surface area contributed by atoms with Crippen LogP contribution in [0.25, 0.3) is 0 Å². The van der Waals surface area contributed by atoms with Gasteiger partial charge in [-0.05, 0) is 32.2 Å². The molecule has 3 heterocycles. The Morgan fingerprint density at radius 2 is 2.04 bits per heavy atom. The predicted octanol–water partition coefficient (Wildman–Crippen LogP) is 0.304. The lowest BCUT2D eigenvalue weighted by molar-refractivity contribution is -0.139. The second-order valence-electron chi connectivity index (χ2n) is 7.59. The number of nitrogens with one attached hydrogen (secondary N) is 2. The highest BCUT2D eigenvalue weighted by Gasteiger charge is 2.41. The molecular weight excluding hydrogens is 336 g/mol. The van der Waals surface area contributed by atoms with Crippen molar-refractivity contribution in [2.75, 3.05) is 39.9 Å². The monoisotopic (exact) mass is 364 g/mol. The summed E-state index contributed by atoms with van der Waals surface area (Å²) in [6.07, 6.45) is 4.55. The topological polar surface area (TPSA) is 98.5 Å². The van der Waals surface area contributed by atoms with Crippen LogP contribution in [-0.4, -0.2) is 65.6 Å². The molecule has 0 aromatic carbocycles. The standard InChI is InChI=1S/C18H28N4O4/c1-26-9-3-8-22-13-18(6-4-16(22)24)5-2-7-21(12-18)11-14-10-15(23)20-17(25)19-14/h10H,2-9,11-13H2,1H3,(H2,19,20,23,25)/t18-/m1/s1. The maximum atomic E-state index is 12.3. The van der Waals surface area contributed by atoms with E-state index < -0.39 is 5.69 Å². The molecule has 1 spiro atoms. The zero-order valence-electron chi connectivity index (χ0n) is 15.4. The fraction of sp³-hybridized carbons (Fsp3) is 0.722. The fourth-order valence-corrected chi connectivity index (χ4v) is 4.33. The Kier molecular flexibility index (Phi) is 5.93. The molecule has 26 heavy (non-hydrogen) atoms. The number of ether oxygens (including phenoxy) is 1. The Labute approximate surface area is 152 Å². The lowest BCUT2D eigenvalue weighted by atomic mass is 9.73. The molecular formula is C18H28N4O4. The van der Waals surface area contributed by atoms with E-state index in [1.54, 1.807) is 7.11 Å². The van der Waals surface area contributed by atoms with Crippen molar-refractivity contribution in [3.8, 4) is 0 Å². The van der Waals surface area contributed by atoms with Gasteiger partial charge >= 0.3 is 5.69 Å². The van der Waals surface area contributed by atoms with Gasteiger partial charge in [-0.25, -0.2) is 4.79 Å². The molecule has 0 bridgehead atoms. The Bertz CT molecular complexity index is 715. The molecule has 2 N–H and O–H groups in total. The van der Waals surface area contributed by atoms with E-state index in [1.165, 1.54) is 6.07 Å². The summed E-state index contributed by atoms with van der Waals surface area (Å²) >= 11 is 0. The number of hydrogen-bond acceptors (Lipinski definition) is 5. The summed E-state index contributed by atoms with van der Waals surface area (Å²) in [5.74, 6) is 0.239. The number of amides is 1. The molecule has 8 heteroatoms. The van der Waals surface area contributed by atoms with Crippen molar-refractivity contribution in [2.24, 2.45) is 5.41 Å².